The molecule has 66 valence electrons. The molecule has 12 heavy (non-hydrogen) atoms. The van der Waals surface area contributed by atoms with E-state index in [1.54, 1.807) is 9.82 Å². The summed E-state index contributed by atoms with van der Waals surface area (Å²) in [6, 6.07) is 0. The number of rotatable bonds is 3. The van der Waals surface area contributed by atoms with E-state index in [9.17, 15) is 16.8 Å². The molecule has 0 aliphatic carbocycles. The third-order valence-electron chi connectivity index (χ3n) is 0.539. The first-order chi connectivity index (χ1) is 5.37. The molecule has 0 saturated heterocycles. The Morgan fingerprint density at radius 2 is 1.08 bits per heavy atom. The lowest BCUT2D eigenvalue weighted by molar-refractivity contribution is 0.584. The Balaban J connectivity index is 5.67. The Morgan fingerprint density at radius 3 is 1.25 bits per heavy atom. The Morgan fingerprint density at radius 1 is 0.833 bits per heavy atom. The summed E-state index contributed by atoms with van der Waals surface area (Å²) in [5.74, 6) is 0. The minimum Gasteiger partial charge on any atom is -0.204 e. The molecule has 0 bridgehead atoms. The lowest BCUT2D eigenvalue weighted by Gasteiger charge is -1.87. The smallest absolute Gasteiger partial charge is 0.204 e. The maximum Gasteiger partial charge on any atom is 0.348 e. The highest BCUT2D eigenvalue weighted by Gasteiger charge is 2.27. The maximum absolute atomic E-state index is 10.4. The lowest BCUT2D eigenvalue weighted by atomic mass is 13.0. The van der Waals surface area contributed by atoms with E-state index in [0.29, 0.717) is 0 Å². The predicted octanol–water partition coefficient (Wildman–Crippen LogP) is 0.182. The monoisotopic (exact) mass is 212 g/mol. The third kappa shape index (κ3) is 2.00. The molecule has 0 amide bonds. The molecule has 0 aromatic carbocycles. The van der Waals surface area contributed by atoms with E-state index in [4.69, 9.17) is 11.1 Å². The topological polar surface area (TPSA) is 166 Å². The Bertz CT molecular complexity index is 408. The summed E-state index contributed by atoms with van der Waals surface area (Å²) in [5.41, 5.74) is 15.2. The Labute approximate surface area is 65.6 Å². The summed E-state index contributed by atoms with van der Waals surface area (Å²) in [6.07, 6.45) is 0. The number of hydrogen-bond acceptors (Lipinski definition) is 4. The van der Waals surface area contributed by atoms with E-state index in [0.717, 1.165) is 0 Å². The van der Waals surface area contributed by atoms with Gasteiger partial charge in [-0.2, -0.15) is 0 Å². The standard InChI is InChI=1S/N6O4S2/c1-3-5-11(7,8)12(9,10)6-4-2. The van der Waals surface area contributed by atoms with Crippen LogP contribution in [-0.2, 0) is 18.1 Å². The van der Waals surface area contributed by atoms with Gasteiger partial charge in [-0.05, 0) is 11.1 Å². The number of nitrogens with zero attached hydrogens (tertiary/aromatic N) is 6. The number of hydrogen-bond donors (Lipinski definition) is 0. The van der Waals surface area contributed by atoms with Gasteiger partial charge in [0.05, 0.1) is 0 Å². The second-order valence-electron chi connectivity index (χ2n) is 1.20. The zero-order valence-electron chi connectivity index (χ0n) is 5.13. The summed E-state index contributed by atoms with van der Waals surface area (Å²) in [7, 11) is -10.2. The van der Waals surface area contributed by atoms with Gasteiger partial charge in [0.2, 0.25) is 0 Å². The molecule has 0 rings (SSSR count). The van der Waals surface area contributed by atoms with Gasteiger partial charge < -0.3 is 0 Å². The minimum atomic E-state index is -5.11. The van der Waals surface area contributed by atoms with Gasteiger partial charge in [-0.1, -0.05) is 0 Å². The van der Waals surface area contributed by atoms with Crippen LogP contribution in [0.25, 0.3) is 20.9 Å². The average Bonchev–Trinajstić information content (AvgIpc) is 1.86. The van der Waals surface area contributed by atoms with Gasteiger partial charge in [0, 0.05) is 18.9 Å². The van der Waals surface area contributed by atoms with Crippen LogP contribution in [0.2, 0.25) is 0 Å². The van der Waals surface area contributed by atoms with Crippen molar-refractivity contribution in [2.45, 2.75) is 0 Å². The molecular formula is N6O4S2. The van der Waals surface area contributed by atoms with E-state index in [2.05, 4.69) is 0 Å². The molecule has 0 N–H and O–H groups in total. The molecule has 12 heteroatoms. The molecule has 0 radical (unpaired) electrons. The van der Waals surface area contributed by atoms with E-state index in [1.807, 2.05) is 9.04 Å². The largest absolute Gasteiger partial charge is 0.348 e. The molecule has 0 aromatic rings. The first kappa shape index (κ1) is 10.5. The fraction of sp³-hybridized carbons (Fsp3) is 0. The average molecular weight is 212 g/mol. The molecule has 0 fully saturated rings. The predicted molar refractivity (Wildman–Crippen MR) is 36.1 cm³/mol. The molecule has 0 aliphatic rings. The van der Waals surface area contributed by atoms with Crippen LogP contribution in [0.1, 0.15) is 0 Å². The highest BCUT2D eigenvalue weighted by molar-refractivity contribution is 8.66. The van der Waals surface area contributed by atoms with Crippen LogP contribution in [0.15, 0.2) is 9.04 Å². The van der Waals surface area contributed by atoms with E-state index >= 15 is 0 Å². The highest BCUT2D eigenvalue weighted by Crippen LogP contribution is 2.07. The summed E-state index contributed by atoms with van der Waals surface area (Å²) >= 11 is 0. The first-order valence-corrected chi connectivity index (χ1v) is 5.40. The van der Waals surface area contributed by atoms with Crippen molar-refractivity contribution < 1.29 is 16.8 Å². The van der Waals surface area contributed by atoms with Crippen LogP contribution < -0.4 is 0 Å². The van der Waals surface area contributed by atoms with Gasteiger partial charge in [0.1, 0.15) is 0 Å². The van der Waals surface area contributed by atoms with Crippen LogP contribution in [-0.4, -0.2) is 16.8 Å². The fourth-order valence-corrected chi connectivity index (χ4v) is 1.21. The molecule has 10 nitrogen and oxygen atoms in total. The summed E-state index contributed by atoms with van der Waals surface area (Å²) in [5, 5.41) is 0. The lowest BCUT2D eigenvalue weighted by Crippen LogP contribution is -2.07. The first-order valence-electron chi connectivity index (χ1n) is 2.00. The molecule has 0 aromatic heterocycles. The molecule has 0 saturated carbocycles. The molecule has 0 spiro atoms. The van der Waals surface area contributed by atoms with Crippen molar-refractivity contribution in [3.63, 3.8) is 0 Å². The van der Waals surface area contributed by atoms with Gasteiger partial charge in [-0.3, -0.25) is 0 Å². The van der Waals surface area contributed by atoms with Crippen molar-refractivity contribution in [2.75, 3.05) is 0 Å². The second kappa shape index (κ2) is 3.28. The molecule has 0 atom stereocenters. The summed E-state index contributed by atoms with van der Waals surface area (Å²) < 4.78 is 45.4. The third-order valence-corrected chi connectivity index (χ3v) is 3.61. The molecule has 0 aliphatic heterocycles. The molecular weight excluding hydrogens is 212 g/mol. The van der Waals surface area contributed by atoms with Crippen LogP contribution in [0.3, 0.4) is 0 Å². The van der Waals surface area contributed by atoms with Crippen molar-refractivity contribution in [3.05, 3.63) is 20.9 Å². The summed E-state index contributed by atoms with van der Waals surface area (Å²) in [4.78, 5) is 3.46. The fourth-order valence-electron chi connectivity index (χ4n) is 0.174. The minimum absolute atomic E-state index is 1.73. The van der Waals surface area contributed by atoms with Gasteiger partial charge >= 0.3 is 18.1 Å². The molecule has 0 unspecified atom stereocenters. The van der Waals surface area contributed by atoms with Gasteiger partial charge in [0.15, 0.2) is 0 Å². The zero-order chi connectivity index (χ0) is 9.83. The van der Waals surface area contributed by atoms with Gasteiger partial charge in [-0.25, -0.2) is 16.8 Å². The normalized spacial score (nSPS) is 11.0. The van der Waals surface area contributed by atoms with Gasteiger partial charge in [-0.15, -0.1) is 0 Å². The summed E-state index contributed by atoms with van der Waals surface area (Å²) in [6.45, 7) is 0. The van der Waals surface area contributed by atoms with Crippen molar-refractivity contribution >= 4 is 18.1 Å². The molecule has 0 heterocycles. The van der Waals surface area contributed by atoms with Gasteiger partial charge in [0.25, 0.3) is 0 Å². The Hall–Kier alpha value is -1.48. The Kier molecular flexibility index (Phi) is 2.87. The van der Waals surface area contributed by atoms with Crippen molar-refractivity contribution in [3.8, 4) is 0 Å². The maximum atomic E-state index is 10.4. The zero-order valence-corrected chi connectivity index (χ0v) is 6.77. The highest BCUT2D eigenvalue weighted by atomic mass is 33.2. The van der Waals surface area contributed by atoms with Crippen LogP contribution >= 0.6 is 0 Å². The van der Waals surface area contributed by atoms with Crippen LogP contribution in [0.5, 0.6) is 0 Å². The van der Waals surface area contributed by atoms with Crippen molar-refractivity contribution in [1.29, 1.82) is 0 Å². The quantitative estimate of drug-likeness (QED) is 0.281. The number of azide groups is 2. The van der Waals surface area contributed by atoms with E-state index in [1.165, 1.54) is 0 Å². The van der Waals surface area contributed by atoms with Crippen molar-refractivity contribution in [2.24, 2.45) is 9.04 Å². The van der Waals surface area contributed by atoms with Crippen molar-refractivity contribution in [1.82, 2.24) is 0 Å². The van der Waals surface area contributed by atoms with E-state index in [-0.39, 0.29) is 0 Å². The van der Waals surface area contributed by atoms with Crippen LogP contribution in [0, 0.1) is 0 Å². The van der Waals surface area contributed by atoms with E-state index < -0.39 is 18.1 Å². The second-order valence-corrected chi connectivity index (χ2v) is 5.76. The SMILES string of the molecule is [N-]=[N+]=NS(=O)(=O)S(=O)(=O)N=[N+]=[N-]. The van der Waals surface area contributed by atoms with Crippen LogP contribution in [0.4, 0.5) is 0 Å².